The second-order valence-electron chi connectivity index (χ2n) is 6.91. The van der Waals surface area contributed by atoms with Crippen molar-refractivity contribution in [3.8, 4) is 0 Å². The zero-order valence-corrected chi connectivity index (χ0v) is 15.7. The number of amides is 4. The first-order valence-electron chi connectivity index (χ1n) is 8.93. The molecule has 0 aromatic heterocycles. The molecule has 1 heterocycles. The van der Waals surface area contributed by atoms with Gasteiger partial charge in [0.2, 0.25) is 5.91 Å². The second-order valence-corrected chi connectivity index (χ2v) is 6.91. The van der Waals surface area contributed by atoms with E-state index in [1.807, 2.05) is 43.3 Å². The normalized spacial score (nSPS) is 19.1. The van der Waals surface area contributed by atoms with Gasteiger partial charge in [0, 0.05) is 5.69 Å². The zero-order valence-electron chi connectivity index (χ0n) is 15.7. The van der Waals surface area contributed by atoms with Gasteiger partial charge in [-0.2, -0.15) is 0 Å². The lowest BCUT2D eigenvalue weighted by molar-refractivity contribution is -0.133. The summed E-state index contributed by atoms with van der Waals surface area (Å²) >= 11 is 0. The van der Waals surface area contributed by atoms with Crippen LogP contribution in [0.5, 0.6) is 0 Å². The maximum absolute atomic E-state index is 12.9. The molecule has 1 aliphatic rings. The van der Waals surface area contributed by atoms with E-state index in [0.717, 1.165) is 22.4 Å². The minimum absolute atomic E-state index is 0.332. The van der Waals surface area contributed by atoms with Crippen LogP contribution in [0.2, 0.25) is 0 Å². The van der Waals surface area contributed by atoms with Gasteiger partial charge >= 0.3 is 6.03 Å². The molecule has 3 rings (SSSR count). The molecule has 6 nitrogen and oxygen atoms in total. The lowest BCUT2D eigenvalue weighted by Crippen LogP contribution is -2.42. The van der Waals surface area contributed by atoms with Crippen LogP contribution < -0.4 is 10.6 Å². The van der Waals surface area contributed by atoms with Crippen molar-refractivity contribution in [3.63, 3.8) is 0 Å². The summed E-state index contributed by atoms with van der Waals surface area (Å²) in [6.45, 7) is 5.32. The number of nitrogens with one attached hydrogen (secondary N) is 2. The summed E-state index contributed by atoms with van der Waals surface area (Å²) in [4.78, 5) is 38.5. The van der Waals surface area contributed by atoms with Crippen LogP contribution in [0.1, 0.15) is 30.5 Å². The Morgan fingerprint density at radius 2 is 1.70 bits per heavy atom. The summed E-state index contributed by atoms with van der Waals surface area (Å²) in [6, 6.07) is 14.3. The summed E-state index contributed by atoms with van der Waals surface area (Å²) < 4.78 is 0. The number of carbonyl (C=O) groups is 3. The van der Waals surface area contributed by atoms with Gasteiger partial charge in [-0.15, -0.1) is 0 Å². The Labute approximate surface area is 158 Å². The summed E-state index contributed by atoms with van der Waals surface area (Å²) in [5.74, 6) is -0.858. The van der Waals surface area contributed by atoms with Gasteiger partial charge in [-0.05, 0) is 43.5 Å². The SMILES string of the molecule is CCc1ccc(NC(=O)CN2C(=O)N[C@](C)(c3ccc(C)cc3)C2=O)cc1. The Balaban J connectivity index is 1.71. The van der Waals surface area contributed by atoms with Crippen molar-refractivity contribution in [3.05, 3.63) is 65.2 Å². The van der Waals surface area contributed by atoms with Crippen LogP contribution in [-0.2, 0) is 21.5 Å². The van der Waals surface area contributed by atoms with Gasteiger partial charge in [0.15, 0.2) is 0 Å². The number of nitrogens with zero attached hydrogens (tertiary/aromatic N) is 1. The summed E-state index contributed by atoms with van der Waals surface area (Å²) in [6.07, 6.45) is 0.911. The van der Waals surface area contributed by atoms with Crippen LogP contribution in [0.25, 0.3) is 0 Å². The average Bonchev–Trinajstić information content (AvgIpc) is 2.87. The first-order chi connectivity index (χ1) is 12.8. The number of rotatable bonds is 5. The molecule has 0 radical (unpaired) electrons. The number of carbonyl (C=O) groups excluding carboxylic acids is 3. The fourth-order valence-electron chi connectivity index (χ4n) is 3.09. The monoisotopic (exact) mass is 365 g/mol. The third kappa shape index (κ3) is 3.69. The molecule has 1 aliphatic heterocycles. The first kappa shape index (κ1) is 18.6. The molecule has 1 atom stereocenters. The third-order valence-electron chi connectivity index (χ3n) is 4.85. The molecule has 4 amide bonds. The number of imide groups is 1. The van der Waals surface area contributed by atoms with E-state index in [1.54, 1.807) is 19.1 Å². The van der Waals surface area contributed by atoms with Gasteiger partial charge < -0.3 is 10.6 Å². The smallest absolute Gasteiger partial charge is 0.325 e. The molecule has 2 aromatic carbocycles. The Kier molecular flexibility index (Phi) is 4.99. The topological polar surface area (TPSA) is 78.5 Å². The number of hydrogen-bond donors (Lipinski definition) is 2. The number of hydrogen-bond acceptors (Lipinski definition) is 3. The zero-order chi connectivity index (χ0) is 19.6. The lowest BCUT2D eigenvalue weighted by atomic mass is 9.91. The standard InChI is InChI=1S/C21H23N3O3/c1-4-15-7-11-17(12-8-15)22-18(25)13-24-19(26)21(3,23-20(24)27)16-9-5-14(2)6-10-16/h5-12H,4,13H2,1-3H3,(H,22,25)(H,23,27)/t21-/m1/s1. The molecule has 27 heavy (non-hydrogen) atoms. The first-order valence-corrected chi connectivity index (χ1v) is 8.93. The average molecular weight is 365 g/mol. The quantitative estimate of drug-likeness (QED) is 0.800. The Bertz CT molecular complexity index is 875. The molecular formula is C21H23N3O3. The molecule has 0 saturated carbocycles. The van der Waals surface area contributed by atoms with E-state index in [4.69, 9.17) is 0 Å². The number of anilines is 1. The summed E-state index contributed by atoms with van der Waals surface area (Å²) in [5.41, 5.74) is 2.36. The van der Waals surface area contributed by atoms with Crippen LogP contribution in [-0.4, -0.2) is 29.3 Å². The van der Waals surface area contributed by atoms with Crippen LogP contribution >= 0.6 is 0 Å². The van der Waals surface area contributed by atoms with Crippen molar-refractivity contribution in [1.29, 1.82) is 0 Å². The highest BCUT2D eigenvalue weighted by Crippen LogP contribution is 2.29. The Morgan fingerprint density at radius 3 is 2.30 bits per heavy atom. The minimum atomic E-state index is -1.17. The molecule has 0 spiro atoms. The molecule has 2 N–H and O–H groups in total. The minimum Gasteiger partial charge on any atom is -0.325 e. The number of urea groups is 1. The van der Waals surface area contributed by atoms with E-state index in [2.05, 4.69) is 17.6 Å². The van der Waals surface area contributed by atoms with Gasteiger partial charge in [0.05, 0.1) is 0 Å². The van der Waals surface area contributed by atoms with Crippen molar-refractivity contribution in [1.82, 2.24) is 10.2 Å². The van der Waals surface area contributed by atoms with Gasteiger partial charge in [0.1, 0.15) is 12.1 Å². The van der Waals surface area contributed by atoms with Gasteiger partial charge in [-0.3, -0.25) is 14.5 Å². The largest absolute Gasteiger partial charge is 0.325 e. The molecule has 0 bridgehead atoms. The van der Waals surface area contributed by atoms with Gasteiger partial charge in [0.25, 0.3) is 5.91 Å². The molecule has 0 aliphatic carbocycles. The van der Waals surface area contributed by atoms with E-state index in [0.29, 0.717) is 11.3 Å². The van der Waals surface area contributed by atoms with E-state index in [-0.39, 0.29) is 6.54 Å². The third-order valence-corrected chi connectivity index (χ3v) is 4.85. The number of aryl methyl sites for hydroxylation is 2. The summed E-state index contributed by atoms with van der Waals surface area (Å²) in [5, 5.41) is 5.43. The second kappa shape index (κ2) is 7.23. The van der Waals surface area contributed by atoms with Crippen LogP contribution in [0, 0.1) is 6.92 Å². The predicted molar refractivity (Wildman–Crippen MR) is 103 cm³/mol. The molecular weight excluding hydrogens is 342 g/mol. The molecule has 0 unspecified atom stereocenters. The molecule has 140 valence electrons. The van der Waals surface area contributed by atoms with E-state index >= 15 is 0 Å². The highest BCUT2D eigenvalue weighted by Gasteiger charge is 2.49. The lowest BCUT2D eigenvalue weighted by Gasteiger charge is -2.22. The Morgan fingerprint density at radius 1 is 1.07 bits per heavy atom. The van der Waals surface area contributed by atoms with E-state index < -0.39 is 23.4 Å². The van der Waals surface area contributed by atoms with Crippen molar-refractivity contribution in [2.45, 2.75) is 32.7 Å². The van der Waals surface area contributed by atoms with E-state index in [1.165, 1.54) is 0 Å². The fraction of sp³-hybridized carbons (Fsp3) is 0.286. The Hall–Kier alpha value is -3.15. The maximum atomic E-state index is 12.9. The summed E-state index contributed by atoms with van der Waals surface area (Å²) in [7, 11) is 0. The molecule has 6 heteroatoms. The molecule has 1 fully saturated rings. The fourth-order valence-corrected chi connectivity index (χ4v) is 3.09. The van der Waals surface area contributed by atoms with Crippen LogP contribution in [0.3, 0.4) is 0 Å². The highest BCUT2D eigenvalue weighted by molar-refractivity contribution is 6.10. The number of benzene rings is 2. The van der Waals surface area contributed by atoms with Crippen LogP contribution in [0.4, 0.5) is 10.5 Å². The van der Waals surface area contributed by atoms with Crippen LogP contribution in [0.15, 0.2) is 48.5 Å². The van der Waals surface area contributed by atoms with Crippen molar-refractivity contribution >= 4 is 23.5 Å². The van der Waals surface area contributed by atoms with Crippen molar-refractivity contribution in [2.24, 2.45) is 0 Å². The molecule has 1 saturated heterocycles. The van der Waals surface area contributed by atoms with E-state index in [9.17, 15) is 14.4 Å². The maximum Gasteiger partial charge on any atom is 0.325 e. The molecule has 2 aromatic rings. The highest BCUT2D eigenvalue weighted by atomic mass is 16.2. The van der Waals surface area contributed by atoms with Crippen molar-refractivity contribution < 1.29 is 14.4 Å². The predicted octanol–water partition coefficient (Wildman–Crippen LogP) is 2.96. The van der Waals surface area contributed by atoms with Crippen molar-refractivity contribution in [2.75, 3.05) is 11.9 Å². The van der Waals surface area contributed by atoms with Gasteiger partial charge in [-0.25, -0.2) is 4.79 Å². The van der Waals surface area contributed by atoms with Gasteiger partial charge in [-0.1, -0.05) is 48.9 Å².